The van der Waals surface area contributed by atoms with Crippen molar-refractivity contribution < 1.29 is 9.90 Å². The Kier molecular flexibility index (Phi) is 3.15. The summed E-state index contributed by atoms with van der Waals surface area (Å²) >= 11 is 0. The van der Waals surface area contributed by atoms with Gasteiger partial charge in [0.15, 0.2) is 0 Å². The molecule has 1 unspecified atom stereocenters. The topological polar surface area (TPSA) is 40.5 Å². The van der Waals surface area contributed by atoms with E-state index in [1.165, 1.54) is 0 Å². The highest BCUT2D eigenvalue weighted by Gasteiger charge is 2.47. The molecular weight excluding hydrogens is 190 g/mol. The lowest BCUT2D eigenvalue weighted by atomic mass is 9.73. The normalized spacial score (nSPS) is 23.3. The van der Waals surface area contributed by atoms with E-state index in [4.69, 9.17) is 0 Å². The molecule has 0 amide bonds. The second-order valence-corrected chi connectivity index (χ2v) is 5.90. The number of aliphatic carboxylic acids is 1. The van der Waals surface area contributed by atoms with Gasteiger partial charge in [0, 0.05) is 13.1 Å². The summed E-state index contributed by atoms with van der Waals surface area (Å²) in [5.41, 5.74) is -0.370. The van der Waals surface area contributed by atoms with Crippen LogP contribution in [0.5, 0.6) is 0 Å². The Morgan fingerprint density at radius 1 is 1.33 bits per heavy atom. The predicted octanol–water partition coefficient (Wildman–Crippen LogP) is 2.22. The van der Waals surface area contributed by atoms with Gasteiger partial charge in [-0.05, 0) is 24.7 Å². The Morgan fingerprint density at radius 3 is 2.07 bits per heavy atom. The lowest BCUT2D eigenvalue weighted by molar-refractivity contribution is -0.158. The molecule has 1 atom stereocenters. The van der Waals surface area contributed by atoms with Gasteiger partial charge in [-0.15, -0.1) is 0 Å². The summed E-state index contributed by atoms with van der Waals surface area (Å²) in [7, 11) is 0. The minimum absolute atomic E-state index is 0.295. The fraction of sp³-hybridized carbons (Fsp3) is 0.917. The molecule has 1 heterocycles. The zero-order valence-electron chi connectivity index (χ0n) is 10.5. The second kappa shape index (κ2) is 3.78. The molecule has 0 radical (unpaired) electrons. The van der Waals surface area contributed by atoms with E-state index in [0.717, 1.165) is 13.1 Å². The van der Waals surface area contributed by atoms with E-state index in [0.29, 0.717) is 17.8 Å². The highest BCUT2D eigenvalue weighted by molar-refractivity contribution is 5.78. The maximum absolute atomic E-state index is 11.2. The molecule has 88 valence electrons. The van der Waals surface area contributed by atoms with Gasteiger partial charge in [0.25, 0.3) is 0 Å². The van der Waals surface area contributed by atoms with E-state index in [1.807, 2.05) is 13.8 Å². The first-order chi connectivity index (χ1) is 6.71. The number of carbonyl (C=O) groups is 1. The molecular formula is C12H23NO2. The molecule has 0 spiro atoms. The fourth-order valence-electron chi connectivity index (χ4n) is 1.94. The van der Waals surface area contributed by atoms with Gasteiger partial charge >= 0.3 is 5.97 Å². The molecule has 0 aromatic carbocycles. The van der Waals surface area contributed by atoms with Gasteiger partial charge in [0.1, 0.15) is 5.54 Å². The van der Waals surface area contributed by atoms with Gasteiger partial charge in [-0.25, -0.2) is 0 Å². The summed E-state index contributed by atoms with van der Waals surface area (Å²) in [6, 6.07) is 0. The van der Waals surface area contributed by atoms with Crippen LogP contribution >= 0.6 is 0 Å². The van der Waals surface area contributed by atoms with Gasteiger partial charge in [0.05, 0.1) is 0 Å². The molecule has 0 aromatic rings. The molecule has 1 fully saturated rings. The third-order valence-electron chi connectivity index (χ3n) is 3.95. The molecule has 0 aliphatic carbocycles. The number of nitrogens with zero attached hydrogens (tertiary/aromatic N) is 1. The second-order valence-electron chi connectivity index (χ2n) is 5.90. The number of hydrogen-bond acceptors (Lipinski definition) is 2. The van der Waals surface area contributed by atoms with Crippen molar-refractivity contribution in [3.05, 3.63) is 0 Å². The lowest BCUT2D eigenvalue weighted by Gasteiger charge is -2.52. The smallest absolute Gasteiger partial charge is 0.323 e. The third kappa shape index (κ3) is 2.17. The minimum atomic E-state index is -0.697. The first-order valence-corrected chi connectivity index (χ1v) is 5.70. The zero-order chi connectivity index (χ0) is 11.9. The van der Waals surface area contributed by atoms with Crippen molar-refractivity contribution in [3.63, 3.8) is 0 Å². The van der Waals surface area contributed by atoms with E-state index >= 15 is 0 Å². The minimum Gasteiger partial charge on any atom is -0.480 e. The Labute approximate surface area is 92.5 Å². The van der Waals surface area contributed by atoms with Gasteiger partial charge < -0.3 is 5.11 Å². The Morgan fingerprint density at radius 2 is 1.80 bits per heavy atom. The highest BCUT2D eigenvalue weighted by Crippen LogP contribution is 2.38. The summed E-state index contributed by atoms with van der Waals surface area (Å²) in [6.07, 6.45) is 0.666. The van der Waals surface area contributed by atoms with Gasteiger partial charge in [-0.3, -0.25) is 9.69 Å². The zero-order valence-corrected chi connectivity index (χ0v) is 10.5. The van der Waals surface area contributed by atoms with Crippen molar-refractivity contribution >= 4 is 5.97 Å². The first-order valence-electron chi connectivity index (χ1n) is 5.70. The lowest BCUT2D eigenvalue weighted by Crippen LogP contribution is -2.64. The van der Waals surface area contributed by atoms with E-state index < -0.39 is 11.5 Å². The van der Waals surface area contributed by atoms with Crippen LogP contribution in [-0.4, -0.2) is 34.6 Å². The molecule has 1 saturated heterocycles. The van der Waals surface area contributed by atoms with Crippen molar-refractivity contribution in [1.29, 1.82) is 0 Å². The van der Waals surface area contributed by atoms with Crippen molar-refractivity contribution in [1.82, 2.24) is 4.90 Å². The summed E-state index contributed by atoms with van der Waals surface area (Å²) < 4.78 is 0. The average Bonchev–Trinajstić information content (AvgIpc) is 1.97. The maximum atomic E-state index is 11.2. The van der Waals surface area contributed by atoms with E-state index in [2.05, 4.69) is 25.7 Å². The molecule has 1 aliphatic rings. The van der Waals surface area contributed by atoms with Crippen LogP contribution in [0.1, 0.15) is 41.0 Å². The van der Waals surface area contributed by atoms with Crippen molar-refractivity contribution in [3.8, 4) is 0 Å². The quantitative estimate of drug-likeness (QED) is 0.781. The average molecular weight is 213 g/mol. The number of likely N-dealkylation sites (tertiary alicyclic amines) is 1. The summed E-state index contributed by atoms with van der Waals surface area (Å²) in [5.74, 6) is -0.0694. The third-order valence-corrected chi connectivity index (χ3v) is 3.95. The van der Waals surface area contributed by atoms with Crippen LogP contribution in [0.3, 0.4) is 0 Å². The molecule has 3 nitrogen and oxygen atoms in total. The number of carboxylic acid groups (broad SMARTS) is 1. The van der Waals surface area contributed by atoms with Crippen LogP contribution in [0, 0.1) is 11.3 Å². The van der Waals surface area contributed by atoms with Crippen LogP contribution in [0.2, 0.25) is 0 Å². The molecule has 15 heavy (non-hydrogen) atoms. The van der Waals surface area contributed by atoms with Crippen molar-refractivity contribution in [2.45, 2.75) is 46.6 Å². The highest BCUT2D eigenvalue weighted by atomic mass is 16.4. The Hall–Kier alpha value is -0.570. The molecule has 0 aromatic heterocycles. The number of rotatable bonds is 3. The summed E-state index contributed by atoms with van der Waals surface area (Å²) in [4.78, 5) is 13.3. The molecule has 3 heteroatoms. The van der Waals surface area contributed by atoms with Crippen LogP contribution < -0.4 is 0 Å². The van der Waals surface area contributed by atoms with Crippen molar-refractivity contribution in [2.24, 2.45) is 11.3 Å². The molecule has 0 bridgehead atoms. The van der Waals surface area contributed by atoms with Gasteiger partial charge in [0.2, 0.25) is 0 Å². The van der Waals surface area contributed by atoms with Crippen LogP contribution in [0.15, 0.2) is 0 Å². The predicted molar refractivity (Wildman–Crippen MR) is 60.8 cm³/mol. The van der Waals surface area contributed by atoms with E-state index in [-0.39, 0.29) is 0 Å². The number of carboxylic acids is 1. The maximum Gasteiger partial charge on any atom is 0.323 e. The monoisotopic (exact) mass is 213 g/mol. The van der Waals surface area contributed by atoms with Crippen LogP contribution in [0.25, 0.3) is 0 Å². The van der Waals surface area contributed by atoms with Crippen molar-refractivity contribution in [2.75, 3.05) is 13.1 Å². The summed E-state index contributed by atoms with van der Waals surface area (Å²) in [5, 5.41) is 9.22. The van der Waals surface area contributed by atoms with Crippen LogP contribution in [-0.2, 0) is 4.79 Å². The van der Waals surface area contributed by atoms with E-state index in [9.17, 15) is 9.90 Å². The number of hydrogen-bond donors (Lipinski definition) is 1. The SMILES string of the molecule is CCC(C)(C(=O)O)N1CC(C(C)(C)C)C1. The molecule has 1 aliphatic heterocycles. The Balaban J connectivity index is 2.61. The fourth-order valence-corrected chi connectivity index (χ4v) is 1.94. The van der Waals surface area contributed by atoms with Gasteiger partial charge in [-0.1, -0.05) is 27.7 Å². The molecule has 0 saturated carbocycles. The van der Waals surface area contributed by atoms with Gasteiger partial charge in [-0.2, -0.15) is 0 Å². The molecule has 1 N–H and O–H groups in total. The summed E-state index contributed by atoms with van der Waals surface area (Å²) in [6.45, 7) is 12.3. The largest absolute Gasteiger partial charge is 0.480 e. The van der Waals surface area contributed by atoms with E-state index in [1.54, 1.807) is 0 Å². The molecule has 1 rings (SSSR count). The standard InChI is InChI=1S/C12H23NO2/c1-6-12(5,10(14)15)13-7-9(8-13)11(2,3)4/h9H,6-8H2,1-5H3,(H,14,15). The Bertz CT molecular complexity index is 251. The van der Waals surface area contributed by atoms with Crippen LogP contribution in [0.4, 0.5) is 0 Å². The first kappa shape index (κ1) is 12.5.